The number of hydrogen-bond donors (Lipinski definition) is 0. The molecule has 0 amide bonds. The van der Waals surface area contributed by atoms with Gasteiger partial charge in [0.2, 0.25) is 6.79 Å². The van der Waals surface area contributed by atoms with E-state index in [1.165, 1.54) is 0 Å². The summed E-state index contributed by atoms with van der Waals surface area (Å²) < 4.78 is 21.8. The minimum absolute atomic E-state index is 0.0790. The Morgan fingerprint density at radius 2 is 2.07 bits per heavy atom. The molecule has 0 fully saturated rings. The maximum atomic E-state index is 9.60. The van der Waals surface area contributed by atoms with Crippen LogP contribution in [-0.2, 0) is 0 Å². The van der Waals surface area contributed by atoms with E-state index in [-0.39, 0.29) is 13.4 Å². The van der Waals surface area contributed by atoms with Gasteiger partial charge in [-0.2, -0.15) is 5.26 Å². The second kappa shape index (κ2) is 8.40. The van der Waals surface area contributed by atoms with Gasteiger partial charge in [-0.25, -0.2) is 0 Å². The molecule has 6 heteroatoms. The largest absolute Gasteiger partial charge is 0.490 e. The van der Waals surface area contributed by atoms with Gasteiger partial charge < -0.3 is 18.9 Å². The Labute approximate surface area is 162 Å². The first kappa shape index (κ1) is 18.5. The maximum absolute atomic E-state index is 9.60. The molecule has 2 aromatic rings. The monoisotopic (exact) mass is 381 g/mol. The fraction of sp³-hybridized carbons (Fsp3) is 0.190. The third-order valence-corrected chi connectivity index (χ3v) is 4.03. The SMILES string of the molecule is C#CCOc1c(Cl)cc(/C=C(/C#N)c2ccc3c(c2)OCO3)cc1OCC. The van der Waals surface area contributed by atoms with Gasteiger partial charge >= 0.3 is 0 Å². The Kier molecular flexibility index (Phi) is 5.76. The molecule has 5 nitrogen and oxygen atoms in total. The minimum Gasteiger partial charge on any atom is -0.490 e. The quantitative estimate of drug-likeness (QED) is 0.417. The molecule has 3 rings (SSSR count). The van der Waals surface area contributed by atoms with E-state index in [1.54, 1.807) is 36.4 Å². The molecular weight excluding hydrogens is 366 g/mol. The third-order valence-electron chi connectivity index (χ3n) is 3.75. The van der Waals surface area contributed by atoms with E-state index in [0.717, 1.165) is 0 Å². The molecular formula is C21H16ClNO4. The number of fused-ring (bicyclic) bond motifs is 1. The van der Waals surface area contributed by atoms with Crippen LogP contribution in [0.5, 0.6) is 23.0 Å². The Morgan fingerprint density at radius 1 is 1.26 bits per heavy atom. The molecule has 0 saturated heterocycles. The van der Waals surface area contributed by atoms with Crippen molar-refractivity contribution >= 4 is 23.3 Å². The van der Waals surface area contributed by atoms with Gasteiger partial charge in [0.05, 0.1) is 23.3 Å². The lowest BCUT2D eigenvalue weighted by Crippen LogP contribution is -2.00. The van der Waals surface area contributed by atoms with Gasteiger partial charge in [-0.15, -0.1) is 6.42 Å². The second-order valence-electron chi connectivity index (χ2n) is 5.49. The lowest BCUT2D eigenvalue weighted by atomic mass is 10.0. The molecule has 0 bridgehead atoms. The van der Waals surface area contributed by atoms with Crippen molar-refractivity contribution in [3.63, 3.8) is 0 Å². The molecule has 0 aliphatic carbocycles. The molecule has 0 unspecified atom stereocenters. The smallest absolute Gasteiger partial charge is 0.231 e. The number of allylic oxidation sites excluding steroid dienone is 1. The highest BCUT2D eigenvalue weighted by atomic mass is 35.5. The van der Waals surface area contributed by atoms with Crippen LogP contribution in [0.15, 0.2) is 30.3 Å². The van der Waals surface area contributed by atoms with Crippen molar-refractivity contribution in [1.29, 1.82) is 5.26 Å². The van der Waals surface area contributed by atoms with Crippen LogP contribution in [0.3, 0.4) is 0 Å². The Morgan fingerprint density at radius 3 is 2.81 bits per heavy atom. The van der Waals surface area contributed by atoms with E-state index in [9.17, 15) is 5.26 Å². The van der Waals surface area contributed by atoms with Gasteiger partial charge in [0, 0.05) is 0 Å². The highest BCUT2D eigenvalue weighted by Gasteiger charge is 2.16. The summed E-state index contributed by atoms with van der Waals surface area (Å²) in [5.41, 5.74) is 1.86. The van der Waals surface area contributed by atoms with Crippen LogP contribution in [0.1, 0.15) is 18.1 Å². The number of hydrogen-bond acceptors (Lipinski definition) is 5. The Hall–Kier alpha value is -3.28. The van der Waals surface area contributed by atoms with Crippen LogP contribution < -0.4 is 18.9 Å². The minimum atomic E-state index is 0.0790. The van der Waals surface area contributed by atoms with E-state index in [4.69, 9.17) is 37.0 Å². The Balaban J connectivity index is 1.99. The van der Waals surface area contributed by atoms with Crippen LogP contribution >= 0.6 is 11.6 Å². The highest BCUT2D eigenvalue weighted by molar-refractivity contribution is 6.32. The molecule has 27 heavy (non-hydrogen) atoms. The normalized spacial score (nSPS) is 12.2. The van der Waals surface area contributed by atoms with Gasteiger partial charge in [0.15, 0.2) is 23.0 Å². The van der Waals surface area contributed by atoms with Gasteiger partial charge in [-0.3, -0.25) is 0 Å². The fourth-order valence-electron chi connectivity index (χ4n) is 2.60. The summed E-state index contributed by atoms with van der Waals surface area (Å²) in [6.45, 7) is 2.55. The van der Waals surface area contributed by atoms with Gasteiger partial charge in [0.1, 0.15) is 6.61 Å². The van der Waals surface area contributed by atoms with Crippen LogP contribution in [0, 0.1) is 23.7 Å². The molecule has 1 aliphatic heterocycles. The highest BCUT2D eigenvalue weighted by Crippen LogP contribution is 2.38. The molecule has 2 aromatic carbocycles. The summed E-state index contributed by atoms with van der Waals surface area (Å²) in [5.74, 6) is 4.52. The second-order valence-corrected chi connectivity index (χ2v) is 5.90. The van der Waals surface area contributed by atoms with Crippen molar-refractivity contribution in [3.8, 4) is 41.4 Å². The van der Waals surface area contributed by atoms with Crippen molar-refractivity contribution in [2.45, 2.75) is 6.92 Å². The molecule has 0 atom stereocenters. The van der Waals surface area contributed by atoms with Crippen molar-refractivity contribution < 1.29 is 18.9 Å². The zero-order valence-electron chi connectivity index (χ0n) is 14.6. The van der Waals surface area contributed by atoms with E-state index in [1.807, 2.05) is 6.92 Å². The standard InChI is InChI=1S/C21H16ClNO4/c1-3-7-25-21-17(22)9-14(10-20(21)24-4-2)8-16(12-23)15-5-6-18-19(11-15)27-13-26-18/h1,5-6,8-11H,4,7,13H2,2H3/b16-8-. The summed E-state index contributed by atoms with van der Waals surface area (Å²) in [6, 6.07) is 11.0. The number of halogens is 1. The predicted molar refractivity (Wildman–Crippen MR) is 103 cm³/mol. The first-order chi connectivity index (χ1) is 13.2. The first-order valence-electron chi connectivity index (χ1n) is 8.20. The van der Waals surface area contributed by atoms with Gasteiger partial charge in [0.25, 0.3) is 0 Å². The number of terminal acetylenes is 1. The van der Waals surface area contributed by atoms with Crippen LogP contribution in [0.4, 0.5) is 0 Å². The topological polar surface area (TPSA) is 60.7 Å². The van der Waals surface area contributed by atoms with E-state index in [2.05, 4.69) is 12.0 Å². The summed E-state index contributed by atoms with van der Waals surface area (Å²) in [7, 11) is 0. The van der Waals surface area contributed by atoms with Crippen molar-refractivity contribution in [1.82, 2.24) is 0 Å². The molecule has 136 valence electrons. The van der Waals surface area contributed by atoms with Crippen LogP contribution in [0.2, 0.25) is 5.02 Å². The van der Waals surface area contributed by atoms with Crippen LogP contribution in [-0.4, -0.2) is 20.0 Å². The number of benzene rings is 2. The molecule has 0 saturated carbocycles. The Bertz CT molecular complexity index is 969. The first-order valence-corrected chi connectivity index (χ1v) is 8.58. The summed E-state index contributed by atoms with van der Waals surface area (Å²) in [5, 5.41) is 9.95. The molecule has 0 radical (unpaired) electrons. The average molecular weight is 382 g/mol. The zero-order valence-corrected chi connectivity index (χ0v) is 15.4. The number of nitriles is 1. The fourth-order valence-corrected chi connectivity index (χ4v) is 2.87. The number of ether oxygens (including phenoxy) is 4. The predicted octanol–water partition coefficient (Wildman–Crippen LogP) is 4.54. The van der Waals surface area contributed by atoms with Gasteiger partial charge in [-0.1, -0.05) is 17.5 Å². The molecule has 1 heterocycles. The van der Waals surface area contributed by atoms with E-state index in [0.29, 0.717) is 51.3 Å². The van der Waals surface area contributed by atoms with E-state index < -0.39 is 0 Å². The summed E-state index contributed by atoms with van der Waals surface area (Å²) in [4.78, 5) is 0. The molecule has 0 aromatic heterocycles. The van der Waals surface area contributed by atoms with Crippen molar-refractivity contribution in [2.75, 3.05) is 20.0 Å². The maximum Gasteiger partial charge on any atom is 0.231 e. The van der Waals surface area contributed by atoms with Crippen LogP contribution in [0.25, 0.3) is 11.6 Å². The van der Waals surface area contributed by atoms with Crippen molar-refractivity contribution in [3.05, 3.63) is 46.5 Å². The number of rotatable bonds is 6. The van der Waals surface area contributed by atoms with Crippen molar-refractivity contribution in [2.24, 2.45) is 0 Å². The summed E-state index contributed by atoms with van der Waals surface area (Å²) in [6.07, 6.45) is 6.96. The van der Waals surface area contributed by atoms with Gasteiger partial charge in [-0.05, 0) is 54.5 Å². The summed E-state index contributed by atoms with van der Waals surface area (Å²) >= 11 is 6.33. The lowest BCUT2D eigenvalue weighted by molar-refractivity contribution is 0.174. The lowest BCUT2D eigenvalue weighted by Gasteiger charge is -2.13. The average Bonchev–Trinajstić information content (AvgIpc) is 3.13. The molecule has 0 spiro atoms. The third kappa shape index (κ3) is 4.11. The number of nitrogens with zero attached hydrogens (tertiary/aromatic N) is 1. The van der Waals surface area contributed by atoms with E-state index >= 15 is 0 Å². The molecule has 1 aliphatic rings. The molecule has 0 N–H and O–H groups in total. The zero-order chi connectivity index (χ0) is 19.2.